The molecule has 1 unspecified atom stereocenters. The van der Waals surface area contributed by atoms with E-state index in [1.165, 1.54) is 0 Å². The molecule has 0 aliphatic rings. The molecule has 0 bridgehead atoms. The van der Waals surface area contributed by atoms with Crippen LogP contribution < -0.4 is 15.6 Å². The summed E-state index contributed by atoms with van der Waals surface area (Å²) in [6.45, 7) is 7.01. The normalized spacial score (nSPS) is 12.5. The van der Waals surface area contributed by atoms with Crippen LogP contribution in [0.4, 0.5) is 11.4 Å². The Morgan fingerprint density at radius 2 is 2.00 bits per heavy atom. The Morgan fingerprint density at radius 1 is 1.21 bits per heavy atom. The zero-order chi connectivity index (χ0) is 20.3. The molecule has 0 radical (unpaired) electrons. The van der Waals surface area contributed by atoms with E-state index in [0.717, 1.165) is 37.1 Å². The smallest absolute Gasteiger partial charge is 0.277 e. The van der Waals surface area contributed by atoms with Crippen molar-refractivity contribution in [1.82, 2.24) is 23.9 Å². The summed E-state index contributed by atoms with van der Waals surface area (Å²) in [6, 6.07) is 0.161. The van der Waals surface area contributed by atoms with E-state index in [9.17, 15) is 4.79 Å². The maximum Gasteiger partial charge on any atom is 0.277 e. The number of aromatic nitrogens is 5. The standard InChI is InChI=1S/C20H30N6O2/c1-6-9-10-14(7-2)26-12-15(22-16-11-24(4)23-19(16)28-5)17-18(20(26)27)25(8-3)13-21-17/h11-14,22H,6-10H2,1-5H3. The fraction of sp³-hybridized carbons (Fsp3) is 0.550. The topological polar surface area (TPSA) is 78.9 Å². The van der Waals surface area contributed by atoms with Crippen molar-refractivity contribution in [3.8, 4) is 5.88 Å². The number of hydrogen-bond acceptors (Lipinski definition) is 5. The molecule has 0 saturated heterocycles. The number of anilines is 2. The maximum absolute atomic E-state index is 13.3. The highest BCUT2D eigenvalue weighted by atomic mass is 16.5. The lowest BCUT2D eigenvalue weighted by Crippen LogP contribution is -2.26. The van der Waals surface area contributed by atoms with Crippen molar-refractivity contribution in [2.75, 3.05) is 12.4 Å². The molecule has 3 heterocycles. The van der Waals surface area contributed by atoms with E-state index in [2.05, 4.69) is 29.2 Å². The molecule has 0 aromatic carbocycles. The van der Waals surface area contributed by atoms with Crippen molar-refractivity contribution in [3.05, 3.63) is 29.1 Å². The molecule has 152 valence electrons. The Labute approximate surface area is 165 Å². The summed E-state index contributed by atoms with van der Waals surface area (Å²) in [6.07, 6.45) is 9.57. The van der Waals surface area contributed by atoms with Gasteiger partial charge in [-0.25, -0.2) is 4.98 Å². The fourth-order valence-corrected chi connectivity index (χ4v) is 3.62. The molecule has 3 rings (SSSR count). The van der Waals surface area contributed by atoms with Gasteiger partial charge in [0.2, 0.25) is 0 Å². The minimum Gasteiger partial charge on any atom is -0.478 e. The molecule has 0 spiro atoms. The molecule has 0 saturated carbocycles. The Bertz CT molecular complexity index is 1000. The number of hydrogen-bond donors (Lipinski definition) is 1. The summed E-state index contributed by atoms with van der Waals surface area (Å²) in [5, 5.41) is 7.68. The van der Waals surface area contributed by atoms with E-state index in [0.29, 0.717) is 23.5 Å². The van der Waals surface area contributed by atoms with Crippen LogP contribution in [-0.2, 0) is 13.6 Å². The number of nitrogens with one attached hydrogen (secondary N) is 1. The van der Waals surface area contributed by atoms with Gasteiger partial charge in [-0.1, -0.05) is 26.7 Å². The van der Waals surface area contributed by atoms with Gasteiger partial charge < -0.3 is 19.2 Å². The average Bonchev–Trinajstić information content (AvgIpc) is 3.28. The Kier molecular flexibility index (Phi) is 6.06. The first-order valence-electron chi connectivity index (χ1n) is 9.98. The third-order valence-corrected chi connectivity index (χ3v) is 5.15. The van der Waals surface area contributed by atoms with Crippen LogP contribution in [0.15, 0.2) is 23.5 Å². The van der Waals surface area contributed by atoms with E-state index in [1.807, 2.05) is 35.5 Å². The Balaban J connectivity index is 2.16. The molecule has 1 atom stereocenters. The second-order valence-corrected chi connectivity index (χ2v) is 7.04. The zero-order valence-corrected chi connectivity index (χ0v) is 17.4. The first-order valence-corrected chi connectivity index (χ1v) is 9.98. The summed E-state index contributed by atoms with van der Waals surface area (Å²) in [5.41, 5.74) is 2.83. The van der Waals surface area contributed by atoms with Crippen molar-refractivity contribution in [1.29, 1.82) is 0 Å². The van der Waals surface area contributed by atoms with Gasteiger partial charge in [0.15, 0.2) is 0 Å². The SMILES string of the molecule is CCCCC(CC)n1cc(Nc2cn(C)nc2OC)c2ncn(CC)c2c1=O. The van der Waals surface area contributed by atoms with Crippen LogP contribution in [0.25, 0.3) is 11.0 Å². The number of ether oxygens (including phenoxy) is 1. The molecule has 0 fully saturated rings. The van der Waals surface area contributed by atoms with Gasteiger partial charge in [-0.3, -0.25) is 9.48 Å². The first-order chi connectivity index (χ1) is 13.5. The molecule has 1 N–H and O–H groups in total. The second-order valence-electron chi connectivity index (χ2n) is 7.04. The number of fused-ring (bicyclic) bond motifs is 1. The number of rotatable bonds is 9. The number of unbranched alkanes of at least 4 members (excludes halogenated alkanes) is 1. The van der Waals surface area contributed by atoms with Gasteiger partial charge in [-0.15, -0.1) is 5.10 Å². The molecular formula is C20H30N6O2. The molecule has 0 amide bonds. The summed E-state index contributed by atoms with van der Waals surface area (Å²) in [5.74, 6) is 0.501. The van der Waals surface area contributed by atoms with E-state index in [-0.39, 0.29) is 11.6 Å². The predicted octanol–water partition coefficient (Wildman–Crippen LogP) is 3.84. The van der Waals surface area contributed by atoms with Gasteiger partial charge in [0.1, 0.15) is 16.7 Å². The molecule has 0 aliphatic heterocycles. The summed E-state index contributed by atoms with van der Waals surface area (Å²) in [4.78, 5) is 17.8. The second kappa shape index (κ2) is 8.50. The minimum absolute atomic E-state index is 0.0148. The van der Waals surface area contributed by atoms with E-state index in [1.54, 1.807) is 18.1 Å². The van der Waals surface area contributed by atoms with Crippen molar-refractivity contribution in [2.45, 2.75) is 59.0 Å². The minimum atomic E-state index is 0.0148. The van der Waals surface area contributed by atoms with Gasteiger partial charge >= 0.3 is 0 Å². The number of pyridine rings is 1. The third kappa shape index (κ3) is 3.63. The van der Waals surface area contributed by atoms with E-state index in [4.69, 9.17) is 4.74 Å². The van der Waals surface area contributed by atoms with Crippen LogP contribution in [0.5, 0.6) is 5.88 Å². The van der Waals surface area contributed by atoms with Crippen LogP contribution in [0.3, 0.4) is 0 Å². The van der Waals surface area contributed by atoms with Crippen molar-refractivity contribution in [3.63, 3.8) is 0 Å². The first kappa shape index (κ1) is 20.0. The summed E-state index contributed by atoms with van der Waals surface area (Å²) in [7, 11) is 3.43. The van der Waals surface area contributed by atoms with Crippen LogP contribution in [0.2, 0.25) is 0 Å². The summed E-state index contributed by atoms with van der Waals surface area (Å²) < 4.78 is 10.8. The van der Waals surface area contributed by atoms with Gasteiger partial charge in [0.05, 0.1) is 25.3 Å². The van der Waals surface area contributed by atoms with Gasteiger partial charge in [-0.2, -0.15) is 0 Å². The lowest BCUT2D eigenvalue weighted by molar-refractivity contribution is 0.393. The molecule has 8 heteroatoms. The van der Waals surface area contributed by atoms with Crippen LogP contribution in [0.1, 0.15) is 52.5 Å². The van der Waals surface area contributed by atoms with E-state index >= 15 is 0 Å². The number of imidazole rings is 1. The lowest BCUT2D eigenvalue weighted by Gasteiger charge is -2.20. The molecule has 3 aromatic rings. The molecular weight excluding hydrogens is 356 g/mol. The Morgan fingerprint density at radius 3 is 2.64 bits per heavy atom. The van der Waals surface area contributed by atoms with Crippen LogP contribution in [-0.4, -0.2) is 31.0 Å². The quantitative estimate of drug-likeness (QED) is 0.604. The number of methoxy groups -OCH3 is 1. The number of aryl methyl sites for hydroxylation is 2. The van der Waals surface area contributed by atoms with Crippen LogP contribution >= 0.6 is 0 Å². The molecule has 3 aromatic heterocycles. The highest BCUT2D eigenvalue weighted by Crippen LogP contribution is 2.30. The van der Waals surface area contributed by atoms with Gasteiger partial charge in [0.25, 0.3) is 11.4 Å². The highest BCUT2D eigenvalue weighted by Gasteiger charge is 2.20. The summed E-state index contributed by atoms with van der Waals surface area (Å²) >= 11 is 0. The largest absolute Gasteiger partial charge is 0.478 e. The van der Waals surface area contributed by atoms with Crippen molar-refractivity contribution < 1.29 is 4.74 Å². The molecule has 0 aliphatic carbocycles. The zero-order valence-electron chi connectivity index (χ0n) is 17.4. The average molecular weight is 387 g/mol. The third-order valence-electron chi connectivity index (χ3n) is 5.15. The fourth-order valence-electron chi connectivity index (χ4n) is 3.62. The van der Waals surface area contributed by atoms with Gasteiger partial charge in [0, 0.05) is 25.8 Å². The predicted molar refractivity (Wildman–Crippen MR) is 112 cm³/mol. The molecule has 28 heavy (non-hydrogen) atoms. The maximum atomic E-state index is 13.3. The Hall–Kier alpha value is -2.77. The van der Waals surface area contributed by atoms with E-state index < -0.39 is 0 Å². The van der Waals surface area contributed by atoms with Crippen LogP contribution in [0, 0.1) is 0 Å². The highest BCUT2D eigenvalue weighted by molar-refractivity contribution is 5.89. The van der Waals surface area contributed by atoms with Gasteiger partial charge in [-0.05, 0) is 19.8 Å². The lowest BCUT2D eigenvalue weighted by atomic mass is 10.1. The molecule has 8 nitrogen and oxygen atoms in total. The monoisotopic (exact) mass is 386 g/mol. The van der Waals surface area contributed by atoms with Crippen molar-refractivity contribution >= 4 is 22.4 Å². The number of nitrogens with zero attached hydrogens (tertiary/aromatic N) is 5. The van der Waals surface area contributed by atoms with Crippen molar-refractivity contribution in [2.24, 2.45) is 7.05 Å².